The molecule has 1 fully saturated rings. The Morgan fingerprint density at radius 3 is 2.62 bits per heavy atom. The molecule has 1 unspecified atom stereocenters. The number of nitrogens with zero attached hydrogens (tertiary/aromatic N) is 1. The van der Waals surface area contributed by atoms with Crippen molar-refractivity contribution in [2.75, 3.05) is 19.7 Å². The highest BCUT2D eigenvalue weighted by atomic mass is 16.3. The van der Waals surface area contributed by atoms with Gasteiger partial charge < -0.3 is 5.11 Å². The lowest BCUT2D eigenvalue weighted by Gasteiger charge is -2.33. The van der Waals surface area contributed by atoms with Gasteiger partial charge in [-0.3, -0.25) is 4.90 Å². The normalized spacial score (nSPS) is 19.6. The summed E-state index contributed by atoms with van der Waals surface area (Å²) in [7, 11) is 0. The zero-order valence-corrected chi connectivity index (χ0v) is 10.0. The van der Waals surface area contributed by atoms with Crippen LogP contribution in [0.3, 0.4) is 0 Å². The summed E-state index contributed by atoms with van der Waals surface area (Å²) in [5, 5.41) is 9.58. The second-order valence-electron chi connectivity index (χ2n) is 4.71. The van der Waals surface area contributed by atoms with Gasteiger partial charge in [0.1, 0.15) is 0 Å². The summed E-state index contributed by atoms with van der Waals surface area (Å²) < 4.78 is 0. The van der Waals surface area contributed by atoms with E-state index in [1.807, 2.05) is 0 Å². The lowest BCUT2D eigenvalue weighted by Crippen LogP contribution is -2.35. The second kappa shape index (κ2) is 5.46. The smallest absolute Gasteiger partial charge is 0.0628 e. The third-order valence-corrected chi connectivity index (χ3v) is 3.43. The highest BCUT2D eigenvalue weighted by Crippen LogP contribution is 2.24. The van der Waals surface area contributed by atoms with Gasteiger partial charge >= 0.3 is 0 Å². The van der Waals surface area contributed by atoms with Crippen molar-refractivity contribution in [2.45, 2.75) is 32.2 Å². The molecule has 1 aromatic carbocycles. The number of piperidine rings is 1. The van der Waals surface area contributed by atoms with Crippen LogP contribution in [0.5, 0.6) is 0 Å². The molecule has 2 nitrogen and oxygen atoms in total. The summed E-state index contributed by atoms with van der Waals surface area (Å²) in [5.74, 6) is 0. The van der Waals surface area contributed by atoms with E-state index >= 15 is 0 Å². The van der Waals surface area contributed by atoms with Crippen molar-refractivity contribution in [3.63, 3.8) is 0 Å². The van der Waals surface area contributed by atoms with Crippen LogP contribution in [0.2, 0.25) is 0 Å². The molecule has 1 atom stereocenters. The molecular formula is C14H21NO. The number of benzene rings is 1. The fourth-order valence-corrected chi connectivity index (χ4v) is 2.54. The Hall–Kier alpha value is -0.860. The SMILES string of the molecule is Cc1cccc(C(CO)N2CCCCC2)c1. The molecule has 1 aromatic rings. The zero-order valence-electron chi connectivity index (χ0n) is 10.0. The summed E-state index contributed by atoms with van der Waals surface area (Å²) in [6, 6.07) is 8.70. The predicted octanol–water partition coefficient (Wildman–Crippen LogP) is 2.51. The van der Waals surface area contributed by atoms with Gasteiger partial charge in [-0.1, -0.05) is 36.2 Å². The lowest BCUT2D eigenvalue weighted by atomic mass is 10.0. The first-order chi connectivity index (χ1) is 7.81. The van der Waals surface area contributed by atoms with Crippen molar-refractivity contribution in [3.8, 4) is 0 Å². The van der Waals surface area contributed by atoms with Gasteiger partial charge in [0, 0.05) is 0 Å². The van der Waals surface area contributed by atoms with Crippen LogP contribution in [0.1, 0.15) is 36.4 Å². The monoisotopic (exact) mass is 219 g/mol. The molecule has 88 valence electrons. The molecule has 2 rings (SSSR count). The molecule has 0 aliphatic carbocycles. The molecular weight excluding hydrogens is 198 g/mol. The van der Waals surface area contributed by atoms with Gasteiger partial charge in [0.15, 0.2) is 0 Å². The Bertz CT molecular complexity index is 331. The van der Waals surface area contributed by atoms with Gasteiger partial charge in [-0.15, -0.1) is 0 Å². The molecule has 1 aliphatic heterocycles. The average Bonchev–Trinajstić information content (AvgIpc) is 2.31. The number of likely N-dealkylation sites (tertiary alicyclic amines) is 1. The van der Waals surface area contributed by atoms with E-state index in [0.29, 0.717) is 0 Å². The molecule has 2 heteroatoms. The third-order valence-electron chi connectivity index (χ3n) is 3.43. The van der Waals surface area contributed by atoms with Crippen LogP contribution < -0.4 is 0 Å². The highest BCUT2D eigenvalue weighted by Gasteiger charge is 2.21. The molecule has 0 aromatic heterocycles. The van der Waals surface area contributed by atoms with E-state index in [1.54, 1.807) is 0 Å². The van der Waals surface area contributed by atoms with Gasteiger partial charge in [-0.05, 0) is 38.4 Å². The quantitative estimate of drug-likeness (QED) is 0.844. The second-order valence-corrected chi connectivity index (χ2v) is 4.71. The number of aryl methyl sites for hydroxylation is 1. The van der Waals surface area contributed by atoms with Crippen molar-refractivity contribution in [2.24, 2.45) is 0 Å². The van der Waals surface area contributed by atoms with Crippen LogP contribution >= 0.6 is 0 Å². The molecule has 1 N–H and O–H groups in total. The van der Waals surface area contributed by atoms with E-state index < -0.39 is 0 Å². The molecule has 1 saturated heterocycles. The molecule has 0 bridgehead atoms. The largest absolute Gasteiger partial charge is 0.394 e. The molecule has 0 amide bonds. The highest BCUT2D eigenvalue weighted by molar-refractivity contribution is 5.25. The van der Waals surface area contributed by atoms with Gasteiger partial charge in [0.05, 0.1) is 12.6 Å². The van der Waals surface area contributed by atoms with Gasteiger partial charge in [-0.2, -0.15) is 0 Å². The minimum atomic E-state index is 0.195. The lowest BCUT2D eigenvalue weighted by molar-refractivity contribution is 0.104. The molecule has 1 heterocycles. The van der Waals surface area contributed by atoms with Crippen molar-refractivity contribution >= 4 is 0 Å². The molecule has 0 radical (unpaired) electrons. The van der Waals surface area contributed by atoms with E-state index in [1.165, 1.54) is 30.4 Å². The first-order valence-electron chi connectivity index (χ1n) is 6.23. The number of aliphatic hydroxyl groups excluding tert-OH is 1. The van der Waals surface area contributed by atoms with E-state index in [-0.39, 0.29) is 12.6 Å². The molecule has 0 saturated carbocycles. The number of rotatable bonds is 3. The maximum atomic E-state index is 9.58. The number of hydrogen-bond acceptors (Lipinski definition) is 2. The Morgan fingerprint density at radius 1 is 1.25 bits per heavy atom. The minimum absolute atomic E-state index is 0.195. The zero-order chi connectivity index (χ0) is 11.4. The van der Waals surface area contributed by atoms with E-state index in [9.17, 15) is 5.11 Å². The minimum Gasteiger partial charge on any atom is -0.394 e. The summed E-state index contributed by atoms with van der Waals surface area (Å²) in [5.41, 5.74) is 2.53. The van der Waals surface area contributed by atoms with Crippen LogP contribution in [0.4, 0.5) is 0 Å². The number of hydrogen-bond donors (Lipinski definition) is 1. The summed E-state index contributed by atoms with van der Waals surface area (Å²) in [6.45, 7) is 4.58. The van der Waals surface area contributed by atoms with Gasteiger partial charge in [-0.25, -0.2) is 0 Å². The predicted molar refractivity (Wildman–Crippen MR) is 66.4 cm³/mol. The standard InChI is InChI=1S/C14H21NO/c1-12-6-5-7-13(10-12)14(11-16)15-8-3-2-4-9-15/h5-7,10,14,16H,2-4,8-9,11H2,1H3. The van der Waals surface area contributed by atoms with Crippen LogP contribution in [0.15, 0.2) is 24.3 Å². The van der Waals surface area contributed by atoms with E-state index in [0.717, 1.165) is 13.1 Å². The summed E-state index contributed by atoms with van der Waals surface area (Å²) in [4.78, 5) is 2.41. The van der Waals surface area contributed by atoms with Crippen molar-refractivity contribution < 1.29 is 5.11 Å². The maximum Gasteiger partial charge on any atom is 0.0628 e. The Balaban J connectivity index is 2.14. The first-order valence-corrected chi connectivity index (χ1v) is 6.23. The van der Waals surface area contributed by atoms with Gasteiger partial charge in [0.25, 0.3) is 0 Å². The van der Waals surface area contributed by atoms with Crippen LogP contribution in [-0.2, 0) is 0 Å². The molecule has 1 aliphatic rings. The fourth-order valence-electron chi connectivity index (χ4n) is 2.54. The van der Waals surface area contributed by atoms with Crippen LogP contribution in [0.25, 0.3) is 0 Å². The van der Waals surface area contributed by atoms with Gasteiger partial charge in [0.2, 0.25) is 0 Å². The van der Waals surface area contributed by atoms with E-state index in [4.69, 9.17) is 0 Å². The van der Waals surface area contributed by atoms with Crippen molar-refractivity contribution in [1.29, 1.82) is 0 Å². The van der Waals surface area contributed by atoms with Crippen molar-refractivity contribution in [3.05, 3.63) is 35.4 Å². The summed E-state index contributed by atoms with van der Waals surface area (Å²) >= 11 is 0. The Kier molecular flexibility index (Phi) is 3.97. The summed E-state index contributed by atoms with van der Waals surface area (Å²) in [6.07, 6.45) is 3.87. The Morgan fingerprint density at radius 2 is 2.00 bits per heavy atom. The fraction of sp³-hybridized carbons (Fsp3) is 0.571. The molecule has 0 spiro atoms. The maximum absolute atomic E-state index is 9.58. The van der Waals surface area contributed by atoms with E-state index in [2.05, 4.69) is 36.1 Å². The Labute approximate surface area is 97.9 Å². The third kappa shape index (κ3) is 2.63. The average molecular weight is 219 g/mol. The molecule has 16 heavy (non-hydrogen) atoms. The van der Waals surface area contributed by atoms with Crippen molar-refractivity contribution in [1.82, 2.24) is 4.90 Å². The van der Waals surface area contributed by atoms with Crippen LogP contribution in [0, 0.1) is 6.92 Å². The van der Waals surface area contributed by atoms with Crippen LogP contribution in [-0.4, -0.2) is 29.7 Å². The first kappa shape index (κ1) is 11.6. The topological polar surface area (TPSA) is 23.5 Å². The number of aliphatic hydroxyl groups is 1.